The summed E-state index contributed by atoms with van der Waals surface area (Å²) in [6, 6.07) is 0. The van der Waals surface area contributed by atoms with E-state index in [-0.39, 0.29) is 12.1 Å². The average molecular weight is 166 g/mol. The van der Waals surface area contributed by atoms with E-state index in [0.717, 1.165) is 11.3 Å². The van der Waals surface area contributed by atoms with Crippen LogP contribution < -0.4 is 11.5 Å². The molecule has 5 heteroatoms. The second kappa shape index (κ2) is 2.31. The smallest absolute Gasteiger partial charge is 0.222 e. The summed E-state index contributed by atoms with van der Waals surface area (Å²) in [6.07, 6.45) is -0.0207. The first-order valence-corrected chi connectivity index (χ1v) is 3.72. The van der Waals surface area contributed by atoms with Gasteiger partial charge in [-0.1, -0.05) is 0 Å². The van der Waals surface area contributed by atoms with Gasteiger partial charge >= 0.3 is 0 Å². The molecular formula is C7H10N4O. The fraction of sp³-hybridized carbons (Fsp3) is 0.429. The second-order valence-electron chi connectivity index (χ2n) is 2.78. The summed E-state index contributed by atoms with van der Waals surface area (Å²) in [5.74, 6) is 0.644. The first-order valence-electron chi connectivity index (χ1n) is 3.72. The lowest BCUT2D eigenvalue weighted by atomic mass is 10.2. The van der Waals surface area contributed by atoms with Crippen LogP contribution in [-0.4, -0.2) is 9.97 Å². The minimum absolute atomic E-state index is 0.0207. The van der Waals surface area contributed by atoms with E-state index in [0.29, 0.717) is 12.4 Å². The third-order valence-electron chi connectivity index (χ3n) is 1.95. The van der Waals surface area contributed by atoms with Crippen molar-refractivity contribution in [1.29, 1.82) is 0 Å². The summed E-state index contributed by atoms with van der Waals surface area (Å²) in [7, 11) is 0. The molecule has 0 spiro atoms. The third-order valence-corrected chi connectivity index (χ3v) is 1.95. The van der Waals surface area contributed by atoms with Crippen LogP contribution in [0.15, 0.2) is 0 Å². The van der Waals surface area contributed by atoms with Crippen LogP contribution in [0.5, 0.6) is 0 Å². The van der Waals surface area contributed by atoms with Crippen LogP contribution in [0.2, 0.25) is 0 Å². The highest BCUT2D eigenvalue weighted by molar-refractivity contribution is 5.47. The van der Waals surface area contributed by atoms with Crippen LogP contribution >= 0.6 is 0 Å². The van der Waals surface area contributed by atoms with Gasteiger partial charge < -0.3 is 16.2 Å². The van der Waals surface area contributed by atoms with Crippen molar-refractivity contribution in [2.75, 3.05) is 11.5 Å². The highest BCUT2D eigenvalue weighted by atomic mass is 16.5. The van der Waals surface area contributed by atoms with Gasteiger partial charge in [-0.25, -0.2) is 4.98 Å². The van der Waals surface area contributed by atoms with Gasteiger partial charge in [-0.05, 0) is 6.92 Å². The molecule has 0 amide bonds. The summed E-state index contributed by atoms with van der Waals surface area (Å²) < 4.78 is 5.32. The van der Waals surface area contributed by atoms with E-state index in [2.05, 4.69) is 9.97 Å². The lowest BCUT2D eigenvalue weighted by Crippen LogP contribution is -2.05. The molecule has 12 heavy (non-hydrogen) atoms. The molecule has 64 valence electrons. The Labute approximate surface area is 69.8 Å². The molecule has 1 aliphatic heterocycles. The molecule has 0 bridgehead atoms. The van der Waals surface area contributed by atoms with Gasteiger partial charge in [-0.3, -0.25) is 0 Å². The van der Waals surface area contributed by atoms with Crippen molar-refractivity contribution in [1.82, 2.24) is 9.97 Å². The number of nitrogens with zero attached hydrogens (tertiary/aromatic N) is 2. The lowest BCUT2D eigenvalue weighted by molar-refractivity contribution is 0.0781. The fourth-order valence-corrected chi connectivity index (χ4v) is 1.31. The van der Waals surface area contributed by atoms with Crippen LogP contribution in [0.3, 0.4) is 0 Å². The first-order chi connectivity index (χ1) is 5.68. The molecule has 1 aromatic rings. The predicted molar refractivity (Wildman–Crippen MR) is 44.1 cm³/mol. The molecule has 0 aliphatic carbocycles. The average Bonchev–Trinajstić information content (AvgIpc) is 2.33. The van der Waals surface area contributed by atoms with Crippen LogP contribution in [-0.2, 0) is 11.3 Å². The molecule has 0 fully saturated rings. The van der Waals surface area contributed by atoms with Crippen LogP contribution in [0, 0.1) is 0 Å². The zero-order valence-electron chi connectivity index (χ0n) is 6.74. The Kier molecular flexibility index (Phi) is 1.41. The molecule has 2 heterocycles. The standard InChI is InChI=1S/C7H10N4O/c1-3-5-4(2-12-3)6(8)11-7(9)10-5/h3H,2H2,1H3,(H4,8,9,10,11). The number of aromatic nitrogens is 2. The van der Waals surface area contributed by atoms with Crippen molar-refractivity contribution < 1.29 is 4.74 Å². The molecule has 1 aliphatic rings. The number of nitrogen functional groups attached to an aromatic ring is 2. The number of fused-ring (bicyclic) bond motifs is 1. The molecule has 1 unspecified atom stereocenters. The number of anilines is 2. The molecular weight excluding hydrogens is 156 g/mol. The van der Waals surface area contributed by atoms with Gasteiger partial charge in [-0.15, -0.1) is 0 Å². The van der Waals surface area contributed by atoms with E-state index in [4.69, 9.17) is 16.2 Å². The van der Waals surface area contributed by atoms with Crippen molar-refractivity contribution in [3.8, 4) is 0 Å². The minimum atomic E-state index is -0.0207. The number of hydrogen-bond acceptors (Lipinski definition) is 5. The Bertz CT molecular complexity index is 325. The Morgan fingerprint density at radius 2 is 2.17 bits per heavy atom. The van der Waals surface area contributed by atoms with E-state index in [9.17, 15) is 0 Å². The van der Waals surface area contributed by atoms with E-state index in [1.54, 1.807) is 0 Å². The normalized spacial score (nSPS) is 20.9. The maximum Gasteiger partial charge on any atom is 0.222 e. The molecule has 0 saturated heterocycles. The molecule has 2 rings (SSSR count). The topological polar surface area (TPSA) is 87.0 Å². The molecule has 4 N–H and O–H groups in total. The lowest BCUT2D eigenvalue weighted by Gasteiger charge is -2.03. The number of ether oxygens (including phenoxy) is 1. The molecule has 0 saturated carbocycles. The molecule has 5 nitrogen and oxygen atoms in total. The third kappa shape index (κ3) is 0.902. The van der Waals surface area contributed by atoms with Gasteiger partial charge in [0.15, 0.2) is 0 Å². The Morgan fingerprint density at radius 3 is 2.92 bits per heavy atom. The van der Waals surface area contributed by atoms with Gasteiger partial charge in [0.05, 0.1) is 18.4 Å². The highest BCUT2D eigenvalue weighted by Crippen LogP contribution is 2.31. The Morgan fingerprint density at radius 1 is 1.42 bits per heavy atom. The Balaban J connectivity index is 2.60. The number of rotatable bonds is 0. The summed E-state index contributed by atoms with van der Waals surface area (Å²) in [5.41, 5.74) is 12.8. The zero-order chi connectivity index (χ0) is 8.72. The molecule has 1 atom stereocenters. The van der Waals surface area contributed by atoms with Crippen molar-refractivity contribution >= 4 is 11.8 Å². The van der Waals surface area contributed by atoms with Crippen LogP contribution in [0.4, 0.5) is 11.8 Å². The van der Waals surface area contributed by atoms with E-state index < -0.39 is 0 Å². The monoisotopic (exact) mass is 166 g/mol. The Hall–Kier alpha value is -1.36. The maximum atomic E-state index is 5.62. The van der Waals surface area contributed by atoms with E-state index >= 15 is 0 Å². The first kappa shape index (κ1) is 7.30. The van der Waals surface area contributed by atoms with Crippen LogP contribution in [0.1, 0.15) is 24.3 Å². The van der Waals surface area contributed by atoms with E-state index in [1.807, 2.05) is 6.92 Å². The van der Waals surface area contributed by atoms with Crippen molar-refractivity contribution in [3.63, 3.8) is 0 Å². The zero-order valence-corrected chi connectivity index (χ0v) is 6.74. The molecule has 0 radical (unpaired) electrons. The highest BCUT2D eigenvalue weighted by Gasteiger charge is 2.24. The van der Waals surface area contributed by atoms with Gasteiger partial charge in [0.25, 0.3) is 0 Å². The maximum absolute atomic E-state index is 5.62. The SMILES string of the molecule is CC1OCc2c(N)nc(N)nc21. The van der Waals surface area contributed by atoms with Gasteiger partial charge in [0.1, 0.15) is 5.82 Å². The van der Waals surface area contributed by atoms with Gasteiger partial charge in [-0.2, -0.15) is 4.98 Å². The summed E-state index contributed by atoms with van der Waals surface area (Å²) in [4.78, 5) is 7.90. The van der Waals surface area contributed by atoms with Gasteiger partial charge in [0, 0.05) is 5.56 Å². The molecule has 0 aromatic carbocycles. The van der Waals surface area contributed by atoms with Crippen LogP contribution in [0.25, 0.3) is 0 Å². The van der Waals surface area contributed by atoms with Crippen molar-refractivity contribution in [2.45, 2.75) is 19.6 Å². The van der Waals surface area contributed by atoms with E-state index in [1.165, 1.54) is 0 Å². The largest absolute Gasteiger partial charge is 0.383 e. The van der Waals surface area contributed by atoms with Crippen molar-refractivity contribution in [3.05, 3.63) is 11.3 Å². The van der Waals surface area contributed by atoms with Gasteiger partial charge in [0.2, 0.25) is 5.95 Å². The minimum Gasteiger partial charge on any atom is -0.383 e. The quantitative estimate of drug-likeness (QED) is 0.576. The predicted octanol–water partition coefficient (Wildman–Crippen LogP) is 0.232. The van der Waals surface area contributed by atoms with Crippen molar-refractivity contribution in [2.24, 2.45) is 0 Å². The summed E-state index contributed by atoms with van der Waals surface area (Å²) >= 11 is 0. The second-order valence-corrected chi connectivity index (χ2v) is 2.78. The molecule has 1 aromatic heterocycles. The summed E-state index contributed by atoms with van der Waals surface area (Å²) in [6.45, 7) is 2.40. The fourth-order valence-electron chi connectivity index (χ4n) is 1.31. The summed E-state index contributed by atoms with van der Waals surface area (Å²) in [5, 5.41) is 0. The number of hydrogen-bond donors (Lipinski definition) is 2. The number of nitrogens with two attached hydrogens (primary N) is 2.